The van der Waals surface area contributed by atoms with Crippen molar-refractivity contribution < 1.29 is 27.4 Å². The third-order valence-corrected chi connectivity index (χ3v) is 3.16. The van der Waals surface area contributed by atoms with Crippen LogP contribution in [0.25, 0.3) is 0 Å². The van der Waals surface area contributed by atoms with Crippen molar-refractivity contribution in [1.82, 2.24) is 5.32 Å². The molecule has 8 heteroatoms. The van der Waals surface area contributed by atoms with Crippen LogP contribution < -0.4 is 20.1 Å². The molecule has 25 heavy (non-hydrogen) atoms. The highest BCUT2D eigenvalue weighted by Gasteiger charge is 2.30. The molecule has 2 aromatic carbocycles. The van der Waals surface area contributed by atoms with Crippen LogP contribution in [0.1, 0.15) is 5.56 Å². The van der Waals surface area contributed by atoms with E-state index in [1.165, 1.54) is 19.2 Å². The Morgan fingerprint density at radius 2 is 1.80 bits per heavy atom. The minimum atomic E-state index is -4.46. The van der Waals surface area contributed by atoms with Crippen LogP contribution in [-0.4, -0.2) is 26.3 Å². The van der Waals surface area contributed by atoms with Gasteiger partial charge >= 0.3 is 12.2 Å². The molecule has 0 fully saturated rings. The summed E-state index contributed by atoms with van der Waals surface area (Å²) in [6.07, 6.45) is -4.46. The van der Waals surface area contributed by atoms with Gasteiger partial charge in [-0.2, -0.15) is 13.2 Å². The highest BCUT2D eigenvalue weighted by atomic mass is 19.4. The van der Waals surface area contributed by atoms with Crippen LogP contribution in [-0.2, 0) is 6.18 Å². The fourth-order valence-corrected chi connectivity index (χ4v) is 2.01. The Kier molecular flexibility index (Phi) is 6.10. The van der Waals surface area contributed by atoms with Crippen LogP contribution in [0.15, 0.2) is 48.5 Å². The summed E-state index contributed by atoms with van der Waals surface area (Å²) in [4.78, 5) is 11.7. The van der Waals surface area contributed by atoms with Gasteiger partial charge in [0.25, 0.3) is 0 Å². The Hall–Kier alpha value is -2.90. The summed E-state index contributed by atoms with van der Waals surface area (Å²) in [6, 6.07) is 10.8. The van der Waals surface area contributed by atoms with Gasteiger partial charge in [0.1, 0.15) is 6.61 Å². The van der Waals surface area contributed by atoms with Gasteiger partial charge in [0.2, 0.25) is 0 Å². The summed E-state index contributed by atoms with van der Waals surface area (Å²) in [7, 11) is 1.52. The van der Waals surface area contributed by atoms with Gasteiger partial charge in [-0.15, -0.1) is 0 Å². The molecule has 0 aliphatic carbocycles. The van der Waals surface area contributed by atoms with Crippen molar-refractivity contribution in [1.29, 1.82) is 0 Å². The summed E-state index contributed by atoms with van der Waals surface area (Å²) < 4.78 is 48.5. The zero-order chi connectivity index (χ0) is 18.3. The number of benzene rings is 2. The molecular weight excluding hydrogens is 337 g/mol. The van der Waals surface area contributed by atoms with E-state index in [-0.39, 0.29) is 18.8 Å². The molecule has 134 valence electrons. The monoisotopic (exact) mass is 354 g/mol. The smallest absolute Gasteiger partial charge is 0.416 e. The van der Waals surface area contributed by atoms with Crippen LogP contribution in [0.4, 0.5) is 23.7 Å². The quantitative estimate of drug-likeness (QED) is 0.773. The normalized spacial score (nSPS) is 10.9. The first-order chi connectivity index (χ1) is 11.9. The predicted octanol–water partition coefficient (Wildman–Crippen LogP) is 3.91. The molecule has 2 amide bonds. The number of rotatable bonds is 6. The zero-order valence-corrected chi connectivity index (χ0v) is 13.4. The standard InChI is InChI=1S/C17H17F3N2O3/c1-24-14-7-2-3-8-15(14)25-10-9-21-16(23)22-13-6-4-5-12(11-13)17(18,19)20/h2-8,11H,9-10H2,1H3,(H2,21,22,23). The summed E-state index contributed by atoms with van der Waals surface area (Å²) >= 11 is 0. The van der Waals surface area contributed by atoms with Crippen molar-refractivity contribution >= 4 is 11.7 Å². The van der Waals surface area contributed by atoms with Crippen molar-refractivity contribution in [3.05, 3.63) is 54.1 Å². The fraction of sp³-hybridized carbons (Fsp3) is 0.235. The number of alkyl halides is 3. The van der Waals surface area contributed by atoms with Crippen molar-refractivity contribution in [2.75, 3.05) is 25.6 Å². The van der Waals surface area contributed by atoms with E-state index in [1.807, 2.05) is 0 Å². The van der Waals surface area contributed by atoms with E-state index >= 15 is 0 Å². The molecule has 0 heterocycles. The molecule has 0 aliphatic heterocycles. The lowest BCUT2D eigenvalue weighted by molar-refractivity contribution is -0.137. The van der Waals surface area contributed by atoms with E-state index < -0.39 is 17.8 Å². The molecule has 0 radical (unpaired) electrons. The van der Waals surface area contributed by atoms with Gasteiger partial charge < -0.3 is 20.1 Å². The second kappa shape index (κ2) is 8.27. The third-order valence-electron chi connectivity index (χ3n) is 3.16. The maximum absolute atomic E-state index is 12.6. The molecule has 0 unspecified atom stereocenters. The Morgan fingerprint density at radius 1 is 1.08 bits per heavy atom. The van der Waals surface area contributed by atoms with Gasteiger partial charge in [-0.25, -0.2) is 4.79 Å². The summed E-state index contributed by atoms with van der Waals surface area (Å²) in [5.41, 5.74) is -0.775. The fourth-order valence-electron chi connectivity index (χ4n) is 2.01. The van der Waals surface area contributed by atoms with Gasteiger partial charge in [0.05, 0.1) is 19.2 Å². The van der Waals surface area contributed by atoms with Crippen LogP contribution in [0.3, 0.4) is 0 Å². The van der Waals surface area contributed by atoms with Gasteiger partial charge in [-0.1, -0.05) is 18.2 Å². The van der Waals surface area contributed by atoms with Crippen molar-refractivity contribution in [2.24, 2.45) is 0 Å². The molecule has 0 aliphatic rings. The number of methoxy groups -OCH3 is 1. The molecule has 2 aromatic rings. The first-order valence-corrected chi connectivity index (χ1v) is 7.38. The van der Waals surface area contributed by atoms with Crippen LogP contribution in [0, 0.1) is 0 Å². The first kappa shape index (κ1) is 18.4. The maximum atomic E-state index is 12.6. The lowest BCUT2D eigenvalue weighted by Gasteiger charge is -2.12. The molecule has 2 rings (SSSR count). The molecule has 0 spiro atoms. The summed E-state index contributed by atoms with van der Waals surface area (Å²) in [6.45, 7) is 0.346. The first-order valence-electron chi connectivity index (χ1n) is 7.38. The molecule has 0 aromatic heterocycles. The lowest BCUT2D eigenvalue weighted by atomic mass is 10.2. The number of anilines is 1. The predicted molar refractivity (Wildman–Crippen MR) is 87.0 cm³/mol. The minimum absolute atomic E-state index is 0.0537. The number of carbonyl (C=O) groups excluding carboxylic acids is 1. The second-order valence-electron chi connectivity index (χ2n) is 4.96. The number of urea groups is 1. The van der Waals surface area contributed by atoms with Gasteiger partial charge in [0, 0.05) is 5.69 Å². The van der Waals surface area contributed by atoms with E-state index in [1.54, 1.807) is 24.3 Å². The Morgan fingerprint density at radius 3 is 2.48 bits per heavy atom. The molecule has 5 nitrogen and oxygen atoms in total. The molecule has 0 atom stereocenters. The number of para-hydroxylation sites is 2. The number of hydrogen-bond acceptors (Lipinski definition) is 3. The number of nitrogens with one attached hydrogen (secondary N) is 2. The van der Waals surface area contributed by atoms with E-state index in [4.69, 9.17) is 9.47 Å². The van der Waals surface area contributed by atoms with E-state index in [0.717, 1.165) is 12.1 Å². The van der Waals surface area contributed by atoms with Crippen molar-refractivity contribution in [3.63, 3.8) is 0 Å². The van der Waals surface area contributed by atoms with Gasteiger partial charge in [-0.05, 0) is 30.3 Å². The molecular formula is C17H17F3N2O3. The Balaban J connectivity index is 1.79. The van der Waals surface area contributed by atoms with Gasteiger partial charge in [-0.3, -0.25) is 0 Å². The SMILES string of the molecule is COc1ccccc1OCCNC(=O)Nc1cccc(C(F)(F)F)c1. The summed E-state index contributed by atoms with van der Waals surface area (Å²) in [5.74, 6) is 1.10. The maximum Gasteiger partial charge on any atom is 0.416 e. The van der Waals surface area contributed by atoms with Crippen LogP contribution in [0.2, 0.25) is 0 Å². The Bertz CT molecular complexity index is 720. The molecule has 0 bridgehead atoms. The number of hydrogen-bond donors (Lipinski definition) is 2. The van der Waals surface area contributed by atoms with E-state index in [0.29, 0.717) is 11.5 Å². The third kappa shape index (κ3) is 5.59. The number of carbonyl (C=O) groups is 1. The topological polar surface area (TPSA) is 59.6 Å². The summed E-state index contributed by atoms with van der Waals surface area (Å²) in [5, 5.41) is 4.85. The van der Waals surface area contributed by atoms with E-state index in [9.17, 15) is 18.0 Å². The second-order valence-corrected chi connectivity index (χ2v) is 4.96. The minimum Gasteiger partial charge on any atom is -0.493 e. The largest absolute Gasteiger partial charge is 0.493 e. The van der Waals surface area contributed by atoms with Crippen molar-refractivity contribution in [2.45, 2.75) is 6.18 Å². The zero-order valence-electron chi connectivity index (χ0n) is 13.4. The molecule has 0 saturated carbocycles. The number of halogens is 3. The number of ether oxygens (including phenoxy) is 2. The van der Waals surface area contributed by atoms with Crippen LogP contribution >= 0.6 is 0 Å². The average molecular weight is 354 g/mol. The number of amides is 2. The van der Waals surface area contributed by atoms with Crippen LogP contribution in [0.5, 0.6) is 11.5 Å². The molecule has 0 saturated heterocycles. The van der Waals surface area contributed by atoms with E-state index in [2.05, 4.69) is 10.6 Å². The van der Waals surface area contributed by atoms with Crippen molar-refractivity contribution in [3.8, 4) is 11.5 Å². The lowest BCUT2D eigenvalue weighted by Crippen LogP contribution is -2.32. The average Bonchev–Trinajstić information content (AvgIpc) is 2.58. The highest BCUT2D eigenvalue weighted by molar-refractivity contribution is 5.89. The highest BCUT2D eigenvalue weighted by Crippen LogP contribution is 2.30. The van der Waals surface area contributed by atoms with Gasteiger partial charge in [0.15, 0.2) is 11.5 Å². The molecule has 2 N–H and O–H groups in total. The Labute approximate surface area is 142 Å².